The summed E-state index contributed by atoms with van der Waals surface area (Å²) in [7, 11) is 0. The number of fused-ring (bicyclic) bond motifs is 1. The molecule has 28 heavy (non-hydrogen) atoms. The Morgan fingerprint density at radius 2 is 1.86 bits per heavy atom. The van der Waals surface area contributed by atoms with Crippen LogP contribution in [0.5, 0.6) is 0 Å². The van der Waals surface area contributed by atoms with E-state index in [0.29, 0.717) is 17.5 Å². The highest BCUT2D eigenvalue weighted by molar-refractivity contribution is 5.76. The molecule has 1 atom stereocenters. The summed E-state index contributed by atoms with van der Waals surface area (Å²) < 4.78 is 45.4. The smallest absolute Gasteiger partial charge is 0.394 e. The zero-order valence-corrected chi connectivity index (χ0v) is 15.5. The number of nitrogen functional groups attached to an aromatic ring is 1. The number of nitrogens with two attached hydrogens (primary N) is 1. The average Bonchev–Trinajstić information content (AvgIpc) is 3.13. The molecule has 1 aromatic carbocycles. The molecule has 0 aliphatic carbocycles. The highest BCUT2D eigenvalue weighted by Crippen LogP contribution is 2.47. The number of aromatic nitrogens is 4. The molecule has 0 unspecified atom stereocenters. The van der Waals surface area contributed by atoms with Gasteiger partial charge in [0.2, 0.25) is 5.60 Å². The Morgan fingerprint density at radius 3 is 2.46 bits per heavy atom. The van der Waals surface area contributed by atoms with Gasteiger partial charge in [-0.05, 0) is 25.5 Å². The third kappa shape index (κ3) is 2.92. The molecule has 3 aromatic rings. The lowest BCUT2D eigenvalue weighted by Gasteiger charge is -2.31. The third-order valence-corrected chi connectivity index (χ3v) is 4.68. The number of nitrogens with zero attached hydrogens (tertiary/aromatic N) is 4. The van der Waals surface area contributed by atoms with Crippen LogP contribution in [-0.2, 0) is 18.7 Å². The minimum Gasteiger partial charge on any atom is -0.394 e. The zero-order chi connectivity index (χ0) is 20.7. The van der Waals surface area contributed by atoms with Gasteiger partial charge in [0, 0.05) is 6.54 Å². The van der Waals surface area contributed by atoms with Crippen LogP contribution in [0, 0.1) is 6.92 Å². The van der Waals surface area contributed by atoms with Crippen LogP contribution in [0.2, 0.25) is 0 Å². The van der Waals surface area contributed by atoms with E-state index in [1.807, 2.05) is 6.92 Å². The Morgan fingerprint density at radius 1 is 1.18 bits per heavy atom. The van der Waals surface area contributed by atoms with Crippen molar-refractivity contribution in [3.05, 3.63) is 41.3 Å². The van der Waals surface area contributed by atoms with Crippen LogP contribution in [0.4, 0.5) is 19.0 Å². The van der Waals surface area contributed by atoms with Crippen LogP contribution in [0.3, 0.4) is 0 Å². The fourth-order valence-electron chi connectivity index (χ4n) is 3.49. The van der Waals surface area contributed by atoms with Gasteiger partial charge in [-0.3, -0.25) is 0 Å². The van der Waals surface area contributed by atoms with Crippen molar-refractivity contribution >= 4 is 16.9 Å². The number of benzene rings is 1. The minimum absolute atomic E-state index is 0.0825. The van der Waals surface area contributed by atoms with E-state index in [9.17, 15) is 18.3 Å². The summed E-state index contributed by atoms with van der Waals surface area (Å²) >= 11 is 0. The van der Waals surface area contributed by atoms with Gasteiger partial charge in [0.15, 0.2) is 5.82 Å². The van der Waals surface area contributed by atoms with Crippen molar-refractivity contribution in [1.29, 1.82) is 0 Å². The number of imidazole rings is 1. The van der Waals surface area contributed by atoms with Crippen LogP contribution >= 0.6 is 0 Å². The SMILES string of the molecule is CCCn1c([C@@](O)(c2c(C)nn(CCO)c2N)C(F)(F)F)nc2ccccc21. The Kier molecular flexibility index (Phi) is 5.11. The number of hydrogen-bond donors (Lipinski definition) is 3. The first-order valence-corrected chi connectivity index (χ1v) is 8.85. The molecule has 3 rings (SSSR count). The van der Waals surface area contributed by atoms with Gasteiger partial charge in [-0.25, -0.2) is 9.67 Å². The van der Waals surface area contributed by atoms with Gasteiger partial charge >= 0.3 is 6.18 Å². The summed E-state index contributed by atoms with van der Waals surface area (Å²) in [5.41, 5.74) is 2.64. The highest BCUT2D eigenvalue weighted by atomic mass is 19.4. The number of rotatable bonds is 6. The molecule has 0 saturated carbocycles. The molecular weight excluding hydrogens is 375 g/mol. The van der Waals surface area contributed by atoms with E-state index >= 15 is 0 Å². The first-order chi connectivity index (χ1) is 13.2. The second-order valence-corrected chi connectivity index (χ2v) is 6.58. The molecule has 152 valence electrons. The minimum atomic E-state index is -5.11. The predicted molar refractivity (Wildman–Crippen MR) is 97.5 cm³/mol. The number of para-hydroxylation sites is 2. The van der Waals surface area contributed by atoms with Crippen LogP contribution in [0.25, 0.3) is 11.0 Å². The first-order valence-electron chi connectivity index (χ1n) is 8.85. The lowest BCUT2D eigenvalue weighted by atomic mass is 9.91. The van der Waals surface area contributed by atoms with Gasteiger partial charge in [0.25, 0.3) is 0 Å². The quantitative estimate of drug-likeness (QED) is 0.593. The maximum Gasteiger partial charge on any atom is 0.429 e. The molecular formula is C18H22F3N5O2. The van der Waals surface area contributed by atoms with Gasteiger partial charge in [-0.2, -0.15) is 18.3 Å². The molecule has 7 nitrogen and oxygen atoms in total. The summed E-state index contributed by atoms with van der Waals surface area (Å²) in [5, 5.41) is 24.2. The second kappa shape index (κ2) is 7.10. The van der Waals surface area contributed by atoms with Crippen molar-refractivity contribution in [2.24, 2.45) is 0 Å². The Labute approximate surface area is 159 Å². The fourth-order valence-corrected chi connectivity index (χ4v) is 3.49. The first kappa shape index (κ1) is 20.2. The van der Waals surface area contributed by atoms with Gasteiger partial charge < -0.3 is 20.5 Å². The lowest BCUT2D eigenvalue weighted by molar-refractivity contribution is -0.251. The summed E-state index contributed by atoms with van der Waals surface area (Å²) in [5.74, 6) is -0.914. The molecule has 2 aromatic heterocycles. The van der Waals surface area contributed by atoms with Gasteiger partial charge in [0.05, 0.1) is 35.4 Å². The van der Waals surface area contributed by atoms with Crippen molar-refractivity contribution in [1.82, 2.24) is 19.3 Å². The number of aliphatic hydroxyl groups excluding tert-OH is 1. The number of aliphatic hydroxyl groups is 2. The van der Waals surface area contributed by atoms with E-state index in [-0.39, 0.29) is 31.2 Å². The van der Waals surface area contributed by atoms with E-state index in [0.717, 1.165) is 4.68 Å². The van der Waals surface area contributed by atoms with E-state index in [2.05, 4.69) is 10.1 Å². The van der Waals surface area contributed by atoms with Crippen LogP contribution in [0.1, 0.15) is 30.4 Å². The molecule has 4 N–H and O–H groups in total. The number of anilines is 1. The van der Waals surface area contributed by atoms with Gasteiger partial charge in [-0.1, -0.05) is 19.1 Å². The normalized spacial score (nSPS) is 14.5. The number of aryl methyl sites for hydroxylation is 2. The Hall–Kier alpha value is -2.59. The number of alkyl halides is 3. The van der Waals surface area contributed by atoms with Crippen molar-refractivity contribution in [2.45, 2.75) is 45.1 Å². The van der Waals surface area contributed by atoms with Crippen molar-refractivity contribution in [3.63, 3.8) is 0 Å². The molecule has 0 aliphatic rings. The molecule has 0 spiro atoms. The predicted octanol–water partition coefficient (Wildman–Crippen LogP) is 2.32. The topological polar surface area (TPSA) is 102 Å². The number of hydrogen-bond acceptors (Lipinski definition) is 5. The molecule has 10 heteroatoms. The van der Waals surface area contributed by atoms with Crippen LogP contribution < -0.4 is 5.73 Å². The second-order valence-electron chi connectivity index (χ2n) is 6.58. The fraction of sp³-hybridized carbons (Fsp3) is 0.444. The van der Waals surface area contributed by atoms with Crippen molar-refractivity contribution < 1.29 is 23.4 Å². The summed E-state index contributed by atoms with van der Waals surface area (Å²) in [6.45, 7) is 2.95. The molecule has 0 bridgehead atoms. The zero-order valence-electron chi connectivity index (χ0n) is 15.5. The number of halogens is 3. The Bertz CT molecular complexity index is 995. The van der Waals surface area contributed by atoms with Crippen LogP contribution in [0.15, 0.2) is 24.3 Å². The monoisotopic (exact) mass is 397 g/mol. The largest absolute Gasteiger partial charge is 0.429 e. The van der Waals surface area contributed by atoms with Crippen LogP contribution in [-0.4, -0.2) is 42.3 Å². The summed E-state index contributed by atoms with van der Waals surface area (Å²) in [4.78, 5) is 4.13. The average molecular weight is 397 g/mol. The van der Waals surface area contributed by atoms with Crippen molar-refractivity contribution in [3.8, 4) is 0 Å². The van der Waals surface area contributed by atoms with E-state index in [1.165, 1.54) is 11.5 Å². The summed E-state index contributed by atoms with van der Waals surface area (Å²) in [6, 6.07) is 6.61. The van der Waals surface area contributed by atoms with E-state index < -0.39 is 23.2 Å². The summed E-state index contributed by atoms with van der Waals surface area (Å²) in [6.07, 6.45) is -4.56. The molecule has 0 fully saturated rings. The van der Waals surface area contributed by atoms with E-state index in [4.69, 9.17) is 10.8 Å². The lowest BCUT2D eigenvalue weighted by Crippen LogP contribution is -2.46. The van der Waals surface area contributed by atoms with Gasteiger partial charge in [-0.15, -0.1) is 0 Å². The van der Waals surface area contributed by atoms with Gasteiger partial charge in [0.1, 0.15) is 5.82 Å². The molecule has 0 radical (unpaired) electrons. The third-order valence-electron chi connectivity index (χ3n) is 4.68. The maximum absolute atomic E-state index is 14.3. The van der Waals surface area contributed by atoms with Crippen molar-refractivity contribution in [2.75, 3.05) is 12.3 Å². The molecule has 0 amide bonds. The molecule has 2 heterocycles. The maximum atomic E-state index is 14.3. The molecule has 0 aliphatic heterocycles. The highest BCUT2D eigenvalue weighted by Gasteiger charge is 2.61. The van der Waals surface area contributed by atoms with E-state index in [1.54, 1.807) is 24.3 Å². The molecule has 0 saturated heterocycles. The standard InChI is InChI=1S/C18H22F3N5O2/c1-3-8-25-13-7-5-4-6-12(13)23-16(25)17(28,18(19,20)21)14-11(2)24-26(9-10-27)15(14)22/h4-7,27-28H,3,8-10,22H2,1-2H3/t17-/m0/s1. The Balaban J connectivity index is 2.37.